The second kappa shape index (κ2) is 7.85. The standard InChI is InChI=1S/C14H26N2S/c1-12(2)16(4)10-6-5-9-15-13(3)14-8-7-11-17-14/h7-8,11-13,15H,5-6,9-10H2,1-4H3. The quantitative estimate of drug-likeness (QED) is 0.714. The number of unbranched alkanes of at least 4 members (excludes halogenated alkanes) is 1. The SMILES string of the molecule is CC(NCCCCN(C)C(C)C)c1cccs1. The first-order valence-electron chi connectivity index (χ1n) is 6.58. The van der Waals surface area contributed by atoms with E-state index in [4.69, 9.17) is 0 Å². The van der Waals surface area contributed by atoms with E-state index in [1.165, 1.54) is 24.3 Å². The molecule has 3 heteroatoms. The molecule has 2 nitrogen and oxygen atoms in total. The Balaban J connectivity index is 2.05. The van der Waals surface area contributed by atoms with Crippen molar-refractivity contribution in [3.63, 3.8) is 0 Å². The summed E-state index contributed by atoms with van der Waals surface area (Å²) >= 11 is 1.83. The zero-order valence-corrected chi connectivity index (χ0v) is 12.4. The summed E-state index contributed by atoms with van der Waals surface area (Å²) in [4.78, 5) is 3.84. The van der Waals surface area contributed by atoms with Gasteiger partial charge in [0.25, 0.3) is 0 Å². The highest BCUT2D eigenvalue weighted by molar-refractivity contribution is 7.10. The van der Waals surface area contributed by atoms with Gasteiger partial charge in [-0.1, -0.05) is 6.07 Å². The first kappa shape index (κ1) is 14.7. The van der Waals surface area contributed by atoms with E-state index in [1.54, 1.807) is 0 Å². The molecule has 0 aliphatic carbocycles. The van der Waals surface area contributed by atoms with E-state index < -0.39 is 0 Å². The summed E-state index contributed by atoms with van der Waals surface area (Å²) in [5, 5.41) is 5.72. The number of thiophene rings is 1. The van der Waals surface area contributed by atoms with Crippen molar-refractivity contribution in [2.75, 3.05) is 20.1 Å². The highest BCUT2D eigenvalue weighted by Crippen LogP contribution is 2.17. The third-order valence-electron chi connectivity index (χ3n) is 3.24. The molecule has 1 N–H and O–H groups in total. The summed E-state index contributed by atoms with van der Waals surface area (Å²) in [7, 11) is 2.20. The van der Waals surface area contributed by atoms with E-state index in [1.807, 2.05) is 11.3 Å². The smallest absolute Gasteiger partial charge is 0.0386 e. The van der Waals surface area contributed by atoms with E-state index in [9.17, 15) is 0 Å². The van der Waals surface area contributed by atoms with E-state index in [0.717, 1.165) is 6.54 Å². The maximum absolute atomic E-state index is 3.58. The molecule has 0 bridgehead atoms. The van der Waals surface area contributed by atoms with Crippen LogP contribution in [0.5, 0.6) is 0 Å². The van der Waals surface area contributed by atoms with E-state index in [2.05, 4.69) is 55.5 Å². The monoisotopic (exact) mass is 254 g/mol. The van der Waals surface area contributed by atoms with Crippen molar-refractivity contribution in [2.24, 2.45) is 0 Å². The molecule has 0 amide bonds. The fraction of sp³-hybridized carbons (Fsp3) is 0.714. The van der Waals surface area contributed by atoms with Gasteiger partial charge in [0.2, 0.25) is 0 Å². The van der Waals surface area contributed by atoms with Crippen LogP contribution in [0.3, 0.4) is 0 Å². The Hall–Kier alpha value is -0.380. The molecule has 98 valence electrons. The highest BCUT2D eigenvalue weighted by atomic mass is 32.1. The minimum atomic E-state index is 0.498. The minimum Gasteiger partial charge on any atom is -0.309 e. The maximum Gasteiger partial charge on any atom is 0.0386 e. The normalized spacial score (nSPS) is 13.5. The van der Waals surface area contributed by atoms with Crippen LogP contribution in [0.4, 0.5) is 0 Å². The van der Waals surface area contributed by atoms with Crippen LogP contribution in [0.2, 0.25) is 0 Å². The van der Waals surface area contributed by atoms with Gasteiger partial charge < -0.3 is 10.2 Å². The molecule has 0 radical (unpaired) electrons. The van der Waals surface area contributed by atoms with Crippen LogP contribution < -0.4 is 5.32 Å². The number of rotatable bonds is 8. The summed E-state index contributed by atoms with van der Waals surface area (Å²) < 4.78 is 0. The molecule has 1 rings (SSSR count). The molecule has 1 atom stereocenters. The number of nitrogens with one attached hydrogen (secondary N) is 1. The lowest BCUT2D eigenvalue weighted by atomic mass is 10.2. The van der Waals surface area contributed by atoms with Gasteiger partial charge in [-0.25, -0.2) is 0 Å². The largest absolute Gasteiger partial charge is 0.309 e. The first-order chi connectivity index (χ1) is 8.11. The Morgan fingerprint density at radius 3 is 2.65 bits per heavy atom. The third-order valence-corrected chi connectivity index (χ3v) is 4.29. The Bertz CT molecular complexity index is 282. The van der Waals surface area contributed by atoms with Gasteiger partial charge >= 0.3 is 0 Å². The molecule has 0 aromatic carbocycles. The molecule has 1 unspecified atom stereocenters. The van der Waals surface area contributed by atoms with Gasteiger partial charge in [0.05, 0.1) is 0 Å². The van der Waals surface area contributed by atoms with Crippen LogP contribution in [0.15, 0.2) is 17.5 Å². The second-order valence-corrected chi connectivity index (χ2v) is 5.95. The minimum absolute atomic E-state index is 0.498. The van der Waals surface area contributed by atoms with Crippen LogP contribution in [-0.2, 0) is 0 Å². The zero-order valence-electron chi connectivity index (χ0n) is 11.6. The Labute approximate surface area is 110 Å². The molecule has 0 saturated heterocycles. The predicted molar refractivity (Wildman–Crippen MR) is 77.7 cm³/mol. The molecule has 0 spiro atoms. The summed E-state index contributed by atoms with van der Waals surface area (Å²) in [6, 6.07) is 5.48. The number of nitrogens with zero attached hydrogens (tertiary/aromatic N) is 1. The van der Waals surface area contributed by atoms with Gasteiger partial charge in [-0.05, 0) is 65.2 Å². The van der Waals surface area contributed by atoms with Crippen LogP contribution in [0.1, 0.15) is 44.5 Å². The molecule has 1 aromatic rings. The Morgan fingerprint density at radius 1 is 1.29 bits per heavy atom. The van der Waals surface area contributed by atoms with Crippen LogP contribution in [-0.4, -0.2) is 31.1 Å². The topological polar surface area (TPSA) is 15.3 Å². The molecule has 0 aliphatic heterocycles. The van der Waals surface area contributed by atoms with Gasteiger partial charge in [-0.3, -0.25) is 0 Å². The number of hydrogen-bond acceptors (Lipinski definition) is 3. The van der Waals surface area contributed by atoms with Gasteiger partial charge in [0.1, 0.15) is 0 Å². The molecule has 0 fully saturated rings. The summed E-state index contributed by atoms with van der Waals surface area (Å²) in [6.45, 7) is 9.05. The average Bonchev–Trinajstić information content (AvgIpc) is 2.81. The third kappa shape index (κ3) is 5.66. The van der Waals surface area contributed by atoms with E-state index in [-0.39, 0.29) is 0 Å². The van der Waals surface area contributed by atoms with Crippen molar-refractivity contribution >= 4 is 11.3 Å². The Kier molecular flexibility index (Phi) is 6.78. The highest BCUT2D eigenvalue weighted by Gasteiger charge is 2.05. The van der Waals surface area contributed by atoms with E-state index in [0.29, 0.717) is 12.1 Å². The molecule has 17 heavy (non-hydrogen) atoms. The molecule has 1 heterocycles. The van der Waals surface area contributed by atoms with Crippen molar-refractivity contribution < 1.29 is 0 Å². The zero-order chi connectivity index (χ0) is 12.7. The van der Waals surface area contributed by atoms with Crippen molar-refractivity contribution in [2.45, 2.75) is 45.7 Å². The summed E-state index contributed by atoms with van der Waals surface area (Å²) in [5.74, 6) is 0. The lowest BCUT2D eigenvalue weighted by Crippen LogP contribution is -2.28. The van der Waals surface area contributed by atoms with Gasteiger partial charge in [-0.2, -0.15) is 0 Å². The van der Waals surface area contributed by atoms with Crippen molar-refractivity contribution in [1.29, 1.82) is 0 Å². The molecular formula is C14H26N2S. The van der Waals surface area contributed by atoms with Crippen LogP contribution >= 0.6 is 11.3 Å². The van der Waals surface area contributed by atoms with Gasteiger partial charge in [-0.15, -0.1) is 11.3 Å². The lowest BCUT2D eigenvalue weighted by Gasteiger charge is -2.21. The number of hydrogen-bond donors (Lipinski definition) is 1. The summed E-state index contributed by atoms with van der Waals surface area (Å²) in [5.41, 5.74) is 0. The fourth-order valence-corrected chi connectivity index (χ4v) is 2.46. The lowest BCUT2D eigenvalue weighted by molar-refractivity contribution is 0.267. The molecule has 0 saturated carbocycles. The van der Waals surface area contributed by atoms with Crippen molar-refractivity contribution in [3.05, 3.63) is 22.4 Å². The predicted octanol–water partition coefficient (Wildman–Crippen LogP) is 3.52. The molecule has 1 aromatic heterocycles. The fourth-order valence-electron chi connectivity index (χ4n) is 1.70. The van der Waals surface area contributed by atoms with Crippen LogP contribution in [0.25, 0.3) is 0 Å². The van der Waals surface area contributed by atoms with Gasteiger partial charge in [0.15, 0.2) is 0 Å². The second-order valence-electron chi connectivity index (χ2n) is 4.97. The van der Waals surface area contributed by atoms with Crippen LogP contribution in [0, 0.1) is 0 Å². The van der Waals surface area contributed by atoms with Crippen molar-refractivity contribution in [1.82, 2.24) is 10.2 Å². The molecule has 0 aliphatic rings. The van der Waals surface area contributed by atoms with Gasteiger partial charge in [0, 0.05) is 17.0 Å². The summed E-state index contributed by atoms with van der Waals surface area (Å²) in [6.07, 6.45) is 2.53. The average molecular weight is 254 g/mol. The van der Waals surface area contributed by atoms with E-state index >= 15 is 0 Å². The maximum atomic E-state index is 3.58. The Morgan fingerprint density at radius 2 is 2.06 bits per heavy atom. The first-order valence-corrected chi connectivity index (χ1v) is 7.46. The molecular weight excluding hydrogens is 228 g/mol. The van der Waals surface area contributed by atoms with Crippen molar-refractivity contribution in [3.8, 4) is 0 Å².